The van der Waals surface area contributed by atoms with Gasteiger partial charge in [-0.25, -0.2) is 4.99 Å². The quantitative estimate of drug-likeness (QED) is 0.766. The molecule has 1 aliphatic rings. The maximum atomic E-state index is 12.7. The van der Waals surface area contributed by atoms with Gasteiger partial charge >= 0.3 is 6.18 Å². The van der Waals surface area contributed by atoms with Gasteiger partial charge in [0.15, 0.2) is 0 Å². The number of methoxy groups -OCH3 is 1. The molecule has 1 aliphatic heterocycles. The van der Waals surface area contributed by atoms with Crippen LogP contribution in [0.15, 0.2) is 16.8 Å². The maximum absolute atomic E-state index is 12.7. The van der Waals surface area contributed by atoms with Crippen LogP contribution in [0.4, 0.5) is 13.2 Å². The highest BCUT2D eigenvalue weighted by molar-refractivity contribution is 5.84. The third kappa shape index (κ3) is 2.73. The summed E-state index contributed by atoms with van der Waals surface area (Å²) in [5.74, 6) is 0.103. The largest absolute Gasteiger partial charge is 0.415 e. The van der Waals surface area contributed by atoms with Crippen LogP contribution in [0.2, 0.25) is 0 Å². The number of alkyl halides is 3. The fraction of sp³-hybridized carbons (Fsp3) is 0.667. The van der Waals surface area contributed by atoms with E-state index in [1.807, 2.05) is 0 Å². The second-order valence-corrected chi connectivity index (χ2v) is 3.74. The second-order valence-electron chi connectivity index (χ2n) is 3.74. The summed E-state index contributed by atoms with van der Waals surface area (Å²) < 4.78 is 42.8. The van der Waals surface area contributed by atoms with E-state index in [1.165, 1.54) is 7.11 Å². The number of rotatable bonds is 3. The van der Waals surface area contributed by atoms with Crippen molar-refractivity contribution in [3.63, 3.8) is 0 Å². The minimum atomic E-state index is -4.49. The van der Waals surface area contributed by atoms with Gasteiger partial charge in [0.05, 0.1) is 11.1 Å². The lowest BCUT2D eigenvalue weighted by Crippen LogP contribution is -2.51. The molecule has 0 fully saturated rings. The van der Waals surface area contributed by atoms with Crippen LogP contribution in [-0.2, 0) is 4.74 Å². The normalized spacial score (nSPS) is 26.3. The van der Waals surface area contributed by atoms with Gasteiger partial charge in [-0.2, -0.15) is 13.2 Å². The first-order valence-electron chi connectivity index (χ1n) is 4.67. The van der Waals surface area contributed by atoms with Crippen molar-refractivity contribution in [1.29, 1.82) is 0 Å². The van der Waals surface area contributed by atoms with E-state index in [1.54, 1.807) is 0 Å². The molecule has 0 amide bonds. The predicted octanol–water partition coefficient (Wildman–Crippen LogP) is 0.928. The molecule has 0 spiro atoms. The monoisotopic (exact) mass is 237 g/mol. The molecule has 0 saturated heterocycles. The van der Waals surface area contributed by atoms with E-state index < -0.39 is 17.3 Å². The molecule has 0 bridgehead atoms. The van der Waals surface area contributed by atoms with Gasteiger partial charge < -0.3 is 16.2 Å². The molecule has 92 valence electrons. The van der Waals surface area contributed by atoms with E-state index in [0.29, 0.717) is 6.20 Å². The summed E-state index contributed by atoms with van der Waals surface area (Å²) in [6.07, 6.45) is -3.85. The second kappa shape index (κ2) is 4.42. The summed E-state index contributed by atoms with van der Waals surface area (Å²) in [7, 11) is 1.40. The third-order valence-electron chi connectivity index (χ3n) is 2.45. The Morgan fingerprint density at radius 1 is 1.56 bits per heavy atom. The minimum Gasteiger partial charge on any atom is -0.387 e. The lowest BCUT2D eigenvalue weighted by molar-refractivity contribution is -0.102. The first-order chi connectivity index (χ1) is 7.29. The van der Waals surface area contributed by atoms with Crippen LogP contribution in [0.5, 0.6) is 0 Å². The van der Waals surface area contributed by atoms with E-state index >= 15 is 0 Å². The van der Waals surface area contributed by atoms with Crippen molar-refractivity contribution in [2.45, 2.75) is 24.6 Å². The van der Waals surface area contributed by atoms with Crippen LogP contribution >= 0.6 is 0 Å². The van der Waals surface area contributed by atoms with Crippen LogP contribution in [-0.4, -0.2) is 31.3 Å². The Bertz CT molecular complexity index is 324. The molecule has 0 aromatic rings. The van der Waals surface area contributed by atoms with Crippen molar-refractivity contribution in [2.75, 3.05) is 13.7 Å². The van der Waals surface area contributed by atoms with Crippen molar-refractivity contribution in [3.8, 4) is 0 Å². The lowest BCUT2D eigenvalue weighted by atomic mass is 9.82. The molecule has 0 aromatic carbocycles. The number of amidine groups is 1. The molecular weight excluding hydrogens is 223 g/mol. The van der Waals surface area contributed by atoms with Gasteiger partial charge in [-0.05, 0) is 6.42 Å². The molecular formula is C9H14F3N3O. The summed E-state index contributed by atoms with van der Waals surface area (Å²) in [5, 5.41) is 0. The highest BCUT2D eigenvalue weighted by Crippen LogP contribution is 2.38. The van der Waals surface area contributed by atoms with E-state index in [0.717, 1.165) is 0 Å². The molecule has 0 aliphatic carbocycles. The molecule has 1 heterocycles. The lowest BCUT2D eigenvalue weighted by Gasteiger charge is -2.34. The van der Waals surface area contributed by atoms with Crippen molar-refractivity contribution < 1.29 is 17.9 Å². The Morgan fingerprint density at radius 3 is 2.69 bits per heavy atom. The Hall–Kier alpha value is -1.08. The standard InChI is InChI=1S/C9H14F3N3O/c1-16-3-2-8(14)4-7(13)15-5-6(8)9(10,11)12/h5H,2-4,14H2,1H3,(H2,13,15). The number of aliphatic imine (C=N–C) groups is 1. The molecule has 0 aromatic heterocycles. The number of hydrogen-bond acceptors (Lipinski definition) is 4. The number of nitrogens with zero attached hydrogens (tertiary/aromatic N) is 1. The first-order valence-corrected chi connectivity index (χ1v) is 4.67. The zero-order valence-electron chi connectivity index (χ0n) is 8.84. The van der Waals surface area contributed by atoms with Crippen molar-refractivity contribution in [2.24, 2.45) is 16.5 Å². The van der Waals surface area contributed by atoms with Crippen LogP contribution in [0.1, 0.15) is 12.8 Å². The van der Waals surface area contributed by atoms with Crippen molar-refractivity contribution in [1.82, 2.24) is 0 Å². The Morgan fingerprint density at radius 2 is 2.19 bits per heavy atom. The fourth-order valence-corrected chi connectivity index (χ4v) is 1.60. The van der Waals surface area contributed by atoms with Gasteiger partial charge in [-0.1, -0.05) is 0 Å². The van der Waals surface area contributed by atoms with Crippen LogP contribution < -0.4 is 11.5 Å². The maximum Gasteiger partial charge on any atom is 0.415 e. The molecule has 1 atom stereocenters. The average molecular weight is 237 g/mol. The van der Waals surface area contributed by atoms with E-state index in [9.17, 15) is 13.2 Å². The molecule has 7 heteroatoms. The fourth-order valence-electron chi connectivity index (χ4n) is 1.60. The van der Waals surface area contributed by atoms with E-state index in [2.05, 4.69) is 4.99 Å². The number of hydrogen-bond donors (Lipinski definition) is 2. The Balaban J connectivity index is 2.99. The highest BCUT2D eigenvalue weighted by Gasteiger charge is 2.47. The van der Waals surface area contributed by atoms with Crippen molar-refractivity contribution in [3.05, 3.63) is 11.8 Å². The minimum absolute atomic E-state index is 0.0467. The molecule has 0 radical (unpaired) electrons. The van der Waals surface area contributed by atoms with Gasteiger partial charge in [0, 0.05) is 26.3 Å². The van der Waals surface area contributed by atoms with Crippen LogP contribution in [0.25, 0.3) is 0 Å². The van der Waals surface area contributed by atoms with Gasteiger partial charge in [0.25, 0.3) is 0 Å². The van der Waals surface area contributed by atoms with Crippen molar-refractivity contribution >= 4 is 5.84 Å². The molecule has 1 unspecified atom stereocenters. The Labute approximate surface area is 91.1 Å². The van der Waals surface area contributed by atoms with Gasteiger partial charge in [0.2, 0.25) is 0 Å². The third-order valence-corrected chi connectivity index (χ3v) is 2.45. The average Bonchev–Trinajstić information content (AvgIpc) is 2.12. The highest BCUT2D eigenvalue weighted by atomic mass is 19.4. The molecule has 0 saturated carbocycles. The van der Waals surface area contributed by atoms with Crippen LogP contribution in [0.3, 0.4) is 0 Å². The van der Waals surface area contributed by atoms with Gasteiger partial charge in [-0.15, -0.1) is 0 Å². The zero-order valence-corrected chi connectivity index (χ0v) is 8.84. The summed E-state index contributed by atoms with van der Waals surface area (Å²) in [5.41, 5.74) is 8.74. The van der Waals surface area contributed by atoms with Gasteiger partial charge in [-0.3, -0.25) is 0 Å². The summed E-state index contributed by atoms with van der Waals surface area (Å²) >= 11 is 0. The molecule has 16 heavy (non-hydrogen) atoms. The SMILES string of the molecule is COCCC1(N)CC(N)=NC=C1C(F)(F)F. The smallest absolute Gasteiger partial charge is 0.387 e. The zero-order chi connectivity index (χ0) is 12.4. The summed E-state index contributed by atoms with van der Waals surface area (Å²) in [6.45, 7) is 0.136. The Kier molecular flexibility index (Phi) is 3.59. The van der Waals surface area contributed by atoms with E-state index in [-0.39, 0.29) is 25.3 Å². The molecule has 4 N–H and O–H groups in total. The summed E-state index contributed by atoms with van der Waals surface area (Å²) in [4.78, 5) is 3.47. The molecule has 1 rings (SSSR count). The van der Waals surface area contributed by atoms with E-state index in [4.69, 9.17) is 16.2 Å². The predicted molar refractivity (Wildman–Crippen MR) is 53.8 cm³/mol. The number of nitrogens with two attached hydrogens (primary N) is 2. The van der Waals surface area contributed by atoms with Crippen LogP contribution in [0, 0.1) is 0 Å². The topological polar surface area (TPSA) is 73.6 Å². The summed E-state index contributed by atoms with van der Waals surface area (Å²) in [6, 6.07) is 0. The number of ether oxygens (including phenoxy) is 1. The van der Waals surface area contributed by atoms with Gasteiger partial charge in [0.1, 0.15) is 5.84 Å². The molecule has 4 nitrogen and oxygen atoms in total. The first kappa shape index (κ1) is 13.0. The number of halogens is 3.